The molecule has 0 saturated carbocycles. The third-order valence-corrected chi connectivity index (χ3v) is 5.47. The minimum Gasteiger partial charge on any atom is -0.388 e. The molecular formula is C23H23BrClNO. The van der Waals surface area contributed by atoms with Gasteiger partial charge in [-0.05, 0) is 59.5 Å². The molecule has 3 aromatic rings. The largest absolute Gasteiger partial charge is 0.388 e. The van der Waals surface area contributed by atoms with E-state index in [-0.39, 0.29) is 6.04 Å². The van der Waals surface area contributed by atoms with Crippen LogP contribution in [0, 0.1) is 0 Å². The van der Waals surface area contributed by atoms with E-state index in [1.54, 1.807) is 0 Å². The second-order valence-corrected chi connectivity index (χ2v) is 7.95. The Bertz CT molecular complexity index is 847. The molecule has 0 aliphatic carbocycles. The van der Waals surface area contributed by atoms with Crippen molar-refractivity contribution < 1.29 is 5.11 Å². The number of nitrogens with one attached hydrogen (secondary N) is 1. The lowest BCUT2D eigenvalue weighted by molar-refractivity contribution is 0.160. The van der Waals surface area contributed by atoms with E-state index in [4.69, 9.17) is 11.6 Å². The van der Waals surface area contributed by atoms with E-state index in [1.165, 1.54) is 5.56 Å². The van der Waals surface area contributed by atoms with Crippen molar-refractivity contribution >= 4 is 33.2 Å². The molecule has 3 rings (SSSR count). The van der Waals surface area contributed by atoms with Gasteiger partial charge in [0.05, 0.1) is 12.1 Å². The third-order valence-electron chi connectivity index (χ3n) is 4.69. The van der Waals surface area contributed by atoms with Crippen LogP contribution in [-0.4, -0.2) is 5.11 Å². The van der Waals surface area contributed by atoms with Gasteiger partial charge in [0, 0.05) is 21.6 Å². The number of aliphatic hydroxyl groups is 1. The van der Waals surface area contributed by atoms with Gasteiger partial charge in [-0.2, -0.15) is 0 Å². The van der Waals surface area contributed by atoms with Crippen molar-refractivity contribution in [2.45, 2.75) is 31.9 Å². The van der Waals surface area contributed by atoms with Crippen LogP contribution in [0.1, 0.15) is 42.2 Å². The molecule has 27 heavy (non-hydrogen) atoms. The zero-order valence-corrected chi connectivity index (χ0v) is 17.5. The van der Waals surface area contributed by atoms with Crippen LogP contribution in [0.3, 0.4) is 0 Å². The first kappa shape index (κ1) is 19.9. The summed E-state index contributed by atoms with van der Waals surface area (Å²) in [7, 11) is 0. The average molecular weight is 445 g/mol. The third kappa shape index (κ3) is 5.58. The summed E-state index contributed by atoms with van der Waals surface area (Å²) in [6.07, 6.45) is 1.00. The molecule has 2 nitrogen and oxygen atoms in total. The predicted molar refractivity (Wildman–Crippen MR) is 117 cm³/mol. The van der Waals surface area contributed by atoms with Crippen molar-refractivity contribution in [3.05, 3.63) is 99.0 Å². The van der Waals surface area contributed by atoms with Crippen LogP contribution in [0.15, 0.2) is 77.3 Å². The first-order chi connectivity index (χ1) is 13.0. The first-order valence-corrected chi connectivity index (χ1v) is 10.3. The second-order valence-electron chi connectivity index (χ2n) is 6.60. The van der Waals surface area contributed by atoms with Crippen molar-refractivity contribution in [1.82, 2.24) is 0 Å². The van der Waals surface area contributed by atoms with E-state index >= 15 is 0 Å². The maximum absolute atomic E-state index is 10.8. The van der Waals surface area contributed by atoms with E-state index in [2.05, 4.69) is 52.4 Å². The fraction of sp³-hybridized carbons (Fsp3) is 0.217. The van der Waals surface area contributed by atoms with Gasteiger partial charge < -0.3 is 10.4 Å². The summed E-state index contributed by atoms with van der Waals surface area (Å²) < 4.78 is 1.00. The highest BCUT2D eigenvalue weighted by Crippen LogP contribution is 2.31. The molecule has 2 unspecified atom stereocenters. The number of hydrogen-bond donors (Lipinski definition) is 2. The van der Waals surface area contributed by atoms with Gasteiger partial charge >= 0.3 is 0 Å². The molecule has 0 spiro atoms. The van der Waals surface area contributed by atoms with Crippen LogP contribution in [0.5, 0.6) is 0 Å². The standard InChI is InChI=1S/C23H23BrClNO/c1-2-16-3-13-21(14-4-16)26-22(17-7-11-20(25)12-8-17)15-23(27)18-5-9-19(24)10-6-18/h3-14,22-23,26-27H,2,15H2,1H3. The Hall–Kier alpha value is -1.81. The number of rotatable bonds is 7. The zero-order valence-electron chi connectivity index (χ0n) is 15.2. The van der Waals surface area contributed by atoms with Crippen molar-refractivity contribution in [1.29, 1.82) is 0 Å². The fourth-order valence-corrected chi connectivity index (χ4v) is 3.45. The summed E-state index contributed by atoms with van der Waals surface area (Å²) in [6, 6.07) is 24.0. The van der Waals surface area contributed by atoms with Gasteiger partial charge in [0.15, 0.2) is 0 Å². The summed E-state index contributed by atoms with van der Waals surface area (Å²) in [5, 5.41) is 15.0. The molecule has 0 aliphatic rings. The van der Waals surface area contributed by atoms with E-state index < -0.39 is 6.10 Å². The van der Waals surface area contributed by atoms with E-state index in [0.29, 0.717) is 11.4 Å². The summed E-state index contributed by atoms with van der Waals surface area (Å²) in [4.78, 5) is 0. The first-order valence-electron chi connectivity index (χ1n) is 9.09. The SMILES string of the molecule is CCc1ccc(NC(CC(O)c2ccc(Br)cc2)c2ccc(Cl)cc2)cc1. The van der Waals surface area contributed by atoms with Crippen LogP contribution in [0.2, 0.25) is 5.02 Å². The van der Waals surface area contributed by atoms with Crippen molar-refractivity contribution in [2.75, 3.05) is 5.32 Å². The molecule has 2 N–H and O–H groups in total. The fourth-order valence-electron chi connectivity index (χ4n) is 3.06. The number of aliphatic hydroxyl groups excluding tert-OH is 1. The maximum atomic E-state index is 10.8. The Labute approximate surface area is 174 Å². The molecule has 3 aromatic carbocycles. The molecule has 140 valence electrons. The quantitative estimate of drug-likeness (QED) is 0.413. The highest BCUT2D eigenvalue weighted by Gasteiger charge is 2.18. The maximum Gasteiger partial charge on any atom is 0.0813 e. The Morgan fingerprint density at radius 3 is 2.07 bits per heavy atom. The lowest BCUT2D eigenvalue weighted by Crippen LogP contribution is -2.15. The van der Waals surface area contributed by atoms with Crippen LogP contribution in [0.4, 0.5) is 5.69 Å². The predicted octanol–water partition coefficient (Wildman–Crippen LogP) is 6.94. The van der Waals surface area contributed by atoms with Crippen molar-refractivity contribution in [2.24, 2.45) is 0 Å². The lowest BCUT2D eigenvalue weighted by atomic mass is 9.96. The molecular weight excluding hydrogens is 422 g/mol. The van der Waals surface area contributed by atoms with E-state index in [9.17, 15) is 5.11 Å². The highest BCUT2D eigenvalue weighted by atomic mass is 79.9. The summed E-state index contributed by atoms with van der Waals surface area (Å²) in [5.74, 6) is 0. The number of anilines is 1. The molecule has 0 bridgehead atoms. The van der Waals surface area contributed by atoms with Gasteiger partial charge in [-0.25, -0.2) is 0 Å². The Morgan fingerprint density at radius 2 is 1.48 bits per heavy atom. The Morgan fingerprint density at radius 1 is 0.889 bits per heavy atom. The van der Waals surface area contributed by atoms with Crippen LogP contribution >= 0.6 is 27.5 Å². The Balaban J connectivity index is 1.82. The van der Waals surface area contributed by atoms with Crippen molar-refractivity contribution in [3.8, 4) is 0 Å². The monoisotopic (exact) mass is 443 g/mol. The Kier molecular flexibility index (Phi) is 6.95. The van der Waals surface area contributed by atoms with Gasteiger partial charge in [-0.3, -0.25) is 0 Å². The average Bonchev–Trinajstić information content (AvgIpc) is 2.69. The number of hydrogen-bond acceptors (Lipinski definition) is 2. The molecule has 0 saturated heterocycles. The molecule has 0 radical (unpaired) electrons. The van der Waals surface area contributed by atoms with Gasteiger partial charge in [-0.1, -0.05) is 70.9 Å². The van der Waals surface area contributed by atoms with E-state index in [1.807, 2.05) is 48.5 Å². The normalized spacial score (nSPS) is 13.2. The molecule has 0 aliphatic heterocycles. The summed E-state index contributed by atoms with van der Waals surface area (Å²) >= 11 is 9.49. The summed E-state index contributed by atoms with van der Waals surface area (Å²) in [6.45, 7) is 2.15. The van der Waals surface area contributed by atoms with Gasteiger partial charge in [-0.15, -0.1) is 0 Å². The highest BCUT2D eigenvalue weighted by molar-refractivity contribution is 9.10. The van der Waals surface area contributed by atoms with Crippen molar-refractivity contribution in [3.63, 3.8) is 0 Å². The van der Waals surface area contributed by atoms with Crippen LogP contribution < -0.4 is 5.32 Å². The molecule has 0 heterocycles. The smallest absolute Gasteiger partial charge is 0.0813 e. The molecule has 2 atom stereocenters. The van der Waals surface area contributed by atoms with Crippen LogP contribution in [0.25, 0.3) is 0 Å². The lowest BCUT2D eigenvalue weighted by Gasteiger charge is -2.24. The van der Waals surface area contributed by atoms with Crippen LogP contribution in [-0.2, 0) is 6.42 Å². The van der Waals surface area contributed by atoms with Gasteiger partial charge in [0.25, 0.3) is 0 Å². The zero-order chi connectivity index (χ0) is 19.2. The topological polar surface area (TPSA) is 32.3 Å². The molecule has 0 amide bonds. The number of halogens is 2. The summed E-state index contributed by atoms with van der Waals surface area (Å²) in [5.41, 5.74) is 4.34. The molecule has 4 heteroatoms. The number of benzene rings is 3. The molecule has 0 fully saturated rings. The van der Waals surface area contributed by atoms with Gasteiger partial charge in [0.2, 0.25) is 0 Å². The second kappa shape index (κ2) is 9.41. The minimum absolute atomic E-state index is 0.0339. The van der Waals surface area contributed by atoms with E-state index in [0.717, 1.165) is 27.7 Å². The minimum atomic E-state index is -0.568. The number of aryl methyl sites for hydroxylation is 1. The molecule has 0 aromatic heterocycles. The van der Waals surface area contributed by atoms with Gasteiger partial charge in [0.1, 0.15) is 0 Å².